The van der Waals surface area contributed by atoms with Crippen molar-refractivity contribution in [3.05, 3.63) is 60.7 Å². The van der Waals surface area contributed by atoms with E-state index in [1.54, 1.807) is 6.07 Å². The fourth-order valence-corrected chi connectivity index (χ4v) is 4.68. The monoisotopic (exact) mass is 382 g/mol. The fraction of sp³-hybridized carbons (Fsp3) is 0.200. The first-order chi connectivity index (χ1) is 13.1. The van der Waals surface area contributed by atoms with Crippen LogP contribution in [-0.4, -0.2) is 31.9 Å². The Bertz CT molecular complexity index is 945. The van der Waals surface area contributed by atoms with Crippen molar-refractivity contribution in [2.75, 3.05) is 18.8 Å². The van der Waals surface area contributed by atoms with Crippen molar-refractivity contribution in [2.45, 2.75) is 17.7 Å². The Morgan fingerprint density at radius 1 is 0.963 bits per heavy atom. The van der Waals surface area contributed by atoms with E-state index in [4.69, 9.17) is 5.73 Å². The quantitative estimate of drug-likeness (QED) is 0.697. The van der Waals surface area contributed by atoms with Crippen molar-refractivity contribution in [3.63, 3.8) is 0 Å². The van der Waals surface area contributed by atoms with Gasteiger partial charge in [-0.25, -0.2) is 14.4 Å². The molecular formula is C20H19FN4OS. The molecule has 3 aromatic rings. The maximum atomic E-state index is 14.8. The summed E-state index contributed by atoms with van der Waals surface area (Å²) >= 11 is -1.24. The normalized spacial score (nSPS) is 15.8. The number of hydrogen-bond acceptors (Lipinski definition) is 5. The molecule has 0 radical (unpaired) electrons. The molecule has 1 unspecified atom stereocenters. The summed E-state index contributed by atoms with van der Waals surface area (Å²) in [7, 11) is 0. The number of hydrogen-bond donors (Lipinski definition) is 1. The molecule has 1 aliphatic heterocycles. The highest BCUT2D eigenvalue weighted by Crippen LogP contribution is 2.33. The predicted molar refractivity (Wildman–Crippen MR) is 104 cm³/mol. The number of aromatic nitrogens is 2. The third-order valence-electron chi connectivity index (χ3n) is 4.64. The lowest BCUT2D eigenvalue weighted by Crippen LogP contribution is -2.28. The van der Waals surface area contributed by atoms with Crippen LogP contribution in [0.2, 0.25) is 0 Å². The van der Waals surface area contributed by atoms with E-state index in [0.717, 1.165) is 31.5 Å². The molecule has 0 amide bonds. The van der Waals surface area contributed by atoms with Gasteiger partial charge in [0.05, 0.1) is 11.4 Å². The molecule has 0 saturated carbocycles. The van der Waals surface area contributed by atoms with Gasteiger partial charge in [0.2, 0.25) is 5.95 Å². The number of halogens is 1. The first-order valence-corrected chi connectivity index (χ1v) is 9.88. The summed E-state index contributed by atoms with van der Waals surface area (Å²) in [6.45, 7) is 1.65. The Hall–Kier alpha value is -2.48. The van der Waals surface area contributed by atoms with E-state index in [-0.39, 0.29) is 11.8 Å². The summed E-state index contributed by atoms with van der Waals surface area (Å²) in [5.41, 5.74) is 7.92. The lowest BCUT2D eigenvalue weighted by Gasteiger charge is -2.21. The Balaban J connectivity index is 1.70. The number of nitrogens with zero attached hydrogens (tertiary/aromatic N) is 3. The van der Waals surface area contributed by atoms with Crippen LogP contribution in [0.5, 0.6) is 0 Å². The van der Waals surface area contributed by atoms with Crippen molar-refractivity contribution >= 4 is 17.3 Å². The number of rotatable bonds is 4. The third-order valence-corrected chi connectivity index (χ3v) is 6.20. The van der Waals surface area contributed by atoms with E-state index in [0.29, 0.717) is 21.6 Å². The maximum absolute atomic E-state index is 14.8. The van der Waals surface area contributed by atoms with E-state index in [1.807, 2.05) is 34.6 Å². The van der Waals surface area contributed by atoms with Gasteiger partial charge in [-0.2, -0.15) is 0 Å². The second-order valence-electron chi connectivity index (χ2n) is 6.41. The van der Waals surface area contributed by atoms with Crippen LogP contribution in [0.15, 0.2) is 59.8 Å². The highest BCUT2D eigenvalue weighted by molar-refractivity contribution is 7.89. The van der Waals surface area contributed by atoms with E-state index in [2.05, 4.69) is 9.97 Å². The van der Waals surface area contributed by atoms with Crippen molar-refractivity contribution in [1.82, 2.24) is 14.3 Å². The van der Waals surface area contributed by atoms with Crippen LogP contribution >= 0.6 is 0 Å². The summed E-state index contributed by atoms with van der Waals surface area (Å²) in [5, 5.41) is 0. The summed E-state index contributed by atoms with van der Waals surface area (Å²) in [4.78, 5) is 8.54. The molecular weight excluding hydrogens is 363 g/mol. The van der Waals surface area contributed by atoms with Crippen molar-refractivity contribution in [2.24, 2.45) is 0 Å². The first kappa shape index (κ1) is 17.9. The zero-order valence-corrected chi connectivity index (χ0v) is 15.5. The molecule has 1 atom stereocenters. The molecule has 138 valence electrons. The first-order valence-electron chi connectivity index (χ1n) is 8.77. The van der Waals surface area contributed by atoms with Crippen LogP contribution < -0.4 is 5.73 Å². The zero-order valence-electron chi connectivity index (χ0n) is 14.6. The van der Waals surface area contributed by atoms with Crippen LogP contribution in [0.4, 0.5) is 10.3 Å². The van der Waals surface area contributed by atoms with Gasteiger partial charge < -0.3 is 10.3 Å². The number of nitrogen functional groups attached to an aromatic ring is 1. The average molecular weight is 382 g/mol. The summed E-state index contributed by atoms with van der Waals surface area (Å²) in [6.07, 6.45) is 5.11. The molecule has 0 spiro atoms. The fourth-order valence-electron chi connectivity index (χ4n) is 3.24. The highest BCUT2D eigenvalue weighted by Gasteiger charge is 2.28. The van der Waals surface area contributed by atoms with Gasteiger partial charge in [-0.3, -0.25) is 0 Å². The summed E-state index contributed by atoms with van der Waals surface area (Å²) in [6, 6.07) is 12.5. The Kier molecular flexibility index (Phi) is 5.07. The molecule has 1 aliphatic rings. The lowest BCUT2D eigenvalue weighted by molar-refractivity contribution is 0.477. The van der Waals surface area contributed by atoms with Crippen molar-refractivity contribution < 1.29 is 8.94 Å². The lowest BCUT2D eigenvalue weighted by atomic mass is 10.0. The van der Waals surface area contributed by atoms with Crippen molar-refractivity contribution in [3.8, 4) is 22.3 Å². The maximum Gasteiger partial charge on any atom is 0.219 e. The van der Waals surface area contributed by atoms with Crippen LogP contribution in [0, 0.1) is 5.82 Å². The third kappa shape index (κ3) is 3.66. The van der Waals surface area contributed by atoms with E-state index in [1.165, 1.54) is 18.5 Å². The van der Waals surface area contributed by atoms with Gasteiger partial charge in [-0.1, -0.05) is 24.3 Å². The van der Waals surface area contributed by atoms with Crippen LogP contribution in [0.3, 0.4) is 0 Å². The smallest absolute Gasteiger partial charge is 0.219 e. The molecule has 7 heteroatoms. The molecule has 1 fully saturated rings. The number of anilines is 1. The Labute approximate surface area is 160 Å². The molecule has 1 saturated heterocycles. The largest absolute Gasteiger partial charge is 0.593 e. The molecule has 0 bridgehead atoms. The van der Waals surface area contributed by atoms with E-state index >= 15 is 0 Å². The predicted octanol–water partition coefficient (Wildman–Crippen LogP) is 3.65. The van der Waals surface area contributed by atoms with Gasteiger partial charge in [0, 0.05) is 42.2 Å². The molecule has 2 heterocycles. The number of benzene rings is 2. The van der Waals surface area contributed by atoms with Gasteiger partial charge in [-0.05, 0) is 36.6 Å². The molecule has 2 N–H and O–H groups in total. The van der Waals surface area contributed by atoms with Gasteiger partial charge in [0.15, 0.2) is 4.90 Å². The van der Waals surface area contributed by atoms with Gasteiger partial charge in [0.1, 0.15) is 5.82 Å². The molecule has 1 aromatic heterocycles. The van der Waals surface area contributed by atoms with E-state index < -0.39 is 11.4 Å². The summed E-state index contributed by atoms with van der Waals surface area (Å²) in [5.74, 6) is -0.239. The second-order valence-corrected chi connectivity index (χ2v) is 7.86. The number of nitrogens with two attached hydrogens (primary N) is 1. The highest BCUT2D eigenvalue weighted by atomic mass is 32.2. The minimum Gasteiger partial charge on any atom is -0.593 e. The minimum absolute atomic E-state index is 0.147. The second kappa shape index (κ2) is 7.64. The molecule has 27 heavy (non-hydrogen) atoms. The van der Waals surface area contributed by atoms with Crippen LogP contribution in [0.25, 0.3) is 22.3 Å². The molecule has 2 aromatic carbocycles. The molecule has 4 rings (SSSR count). The average Bonchev–Trinajstić information content (AvgIpc) is 3.23. The minimum atomic E-state index is -1.24. The van der Waals surface area contributed by atoms with Gasteiger partial charge in [0.25, 0.3) is 0 Å². The van der Waals surface area contributed by atoms with Gasteiger partial charge in [-0.15, -0.1) is 4.31 Å². The topological polar surface area (TPSA) is 78.1 Å². The van der Waals surface area contributed by atoms with Gasteiger partial charge >= 0.3 is 0 Å². The SMILES string of the molecule is Nc1ncc(-c2ccc(-c3ccccc3[S+]([O-])N3CCCC3)cc2F)cn1. The van der Waals surface area contributed by atoms with Crippen LogP contribution in [0.1, 0.15) is 12.8 Å². The molecule has 0 aliphatic carbocycles. The summed E-state index contributed by atoms with van der Waals surface area (Å²) < 4.78 is 29.7. The Morgan fingerprint density at radius 3 is 2.37 bits per heavy atom. The van der Waals surface area contributed by atoms with Crippen LogP contribution in [-0.2, 0) is 11.4 Å². The van der Waals surface area contributed by atoms with Crippen molar-refractivity contribution in [1.29, 1.82) is 0 Å². The zero-order chi connectivity index (χ0) is 18.8. The Morgan fingerprint density at radius 2 is 1.67 bits per heavy atom. The van der Waals surface area contributed by atoms with E-state index in [9.17, 15) is 8.94 Å². The standard InChI is InChI=1S/C20H19FN4OS/c21-18-11-14(7-8-16(18)15-12-23-20(22)24-13-15)17-5-1-2-6-19(17)27(26)25-9-3-4-10-25/h1-2,5-8,11-13H,3-4,9-10H2,(H2,22,23,24). The molecule has 5 nitrogen and oxygen atoms in total.